The van der Waals surface area contributed by atoms with Crippen molar-refractivity contribution in [3.63, 3.8) is 0 Å². The predicted octanol–water partition coefficient (Wildman–Crippen LogP) is 2.39. The zero-order valence-electron chi connectivity index (χ0n) is 16.4. The Balaban J connectivity index is 1.40. The summed E-state index contributed by atoms with van der Waals surface area (Å²) in [7, 11) is 0. The van der Waals surface area contributed by atoms with Crippen molar-refractivity contribution in [1.82, 2.24) is 5.32 Å². The van der Waals surface area contributed by atoms with Crippen molar-refractivity contribution < 1.29 is 19.0 Å². The van der Waals surface area contributed by atoms with E-state index in [4.69, 9.17) is 14.2 Å². The largest absolute Gasteiger partial charge is 0.454 e. The number of nitriles is 1. The first-order valence-corrected chi connectivity index (χ1v) is 9.70. The highest BCUT2D eigenvalue weighted by molar-refractivity contribution is 5.97. The number of nitrogens with one attached hydrogen (secondary N) is 2. The number of hydrogen-bond acceptors (Lipinski definition) is 7. The Labute approximate surface area is 174 Å². The Bertz CT molecular complexity index is 993. The fraction of sp³-hybridized carbons (Fsp3) is 0.273. The number of fused-ring (bicyclic) bond motifs is 1. The molecule has 0 atom stereocenters. The second kappa shape index (κ2) is 9.20. The van der Waals surface area contributed by atoms with Crippen LogP contribution in [0.4, 0.5) is 11.4 Å². The van der Waals surface area contributed by atoms with E-state index in [0.29, 0.717) is 24.7 Å². The van der Waals surface area contributed by atoms with E-state index in [1.807, 2.05) is 42.5 Å². The standard InChI is InChI=1S/C22H22N4O4/c23-12-17(22(27)25-13-16-5-6-20-21(11-16)30-15-29-20)14-24-18-3-1-2-4-19(18)26-7-9-28-10-8-26/h1-6,11,14,24H,7-10,13,15H2,(H,25,27)/b17-14-. The molecule has 1 amide bonds. The van der Waals surface area contributed by atoms with Gasteiger partial charge in [-0.1, -0.05) is 18.2 Å². The van der Waals surface area contributed by atoms with Gasteiger partial charge in [0, 0.05) is 25.8 Å². The highest BCUT2D eigenvalue weighted by Gasteiger charge is 2.16. The quantitative estimate of drug-likeness (QED) is 0.562. The van der Waals surface area contributed by atoms with Gasteiger partial charge in [0.15, 0.2) is 11.5 Å². The highest BCUT2D eigenvalue weighted by Crippen LogP contribution is 2.32. The topological polar surface area (TPSA) is 95.9 Å². The Morgan fingerprint density at radius 1 is 1.13 bits per heavy atom. The third-order valence-electron chi connectivity index (χ3n) is 4.88. The molecule has 1 fully saturated rings. The summed E-state index contributed by atoms with van der Waals surface area (Å²) in [6.07, 6.45) is 1.44. The third kappa shape index (κ3) is 4.47. The van der Waals surface area contributed by atoms with Crippen LogP contribution in [-0.2, 0) is 16.1 Å². The smallest absolute Gasteiger partial charge is 0.263 e. The second-order valence-electron chi connectivity index (χ2n) is 6.80. The number of nitrogens with zero attached hydrogens (tertiary/aromatic N) is 2. The van der Waals surface area contributed by atoms with E-state index in [2.05, 4.69) is 15.5 Å². The second-order valence-corrected chi connectivity index (χ2v) is 6.80. The SMILES string of the molecule is N#C/C(=C/Nc1ccccc1N1CCOCC1)C(=O)NCc1ccc2c(c1)OCO2. The molecule has 0 aromatic heterocycles. The first-order chi connectivity index (χ1) is 14.7. The number of ether oxygens (including phenoxy) is 3. The highest BCUT2D eigenvalue weighted by atomic mass is 16.7. The van der Waals surface area contributed by atoms with Crippen molar-refractivity contribution in [2.75, 3.05) is 43.3 Å². The Hall–Kier alpha value is -3.70. The van der Waals surface area contributed by atoms with Crippen molar-refractivity contribution in [2.45, 2.75) is 6.54 Å². The number of carbonyl (C=O) groups is 1. The molecule has 2 N–H and O–H groups in total. The van der Waals surface area contributed by atoms with Crippen LogP contribution in [0.2, 0.25) is 0 Å². The summed E-state index contributed by atoms with van der Waals surface area (Å²) >= 11 is 0. The van der Waals surface area contributed by atoms with Crippen LogP contribution in [0.5, 0.6) is 11.5 Å². The van der Waals surface area contributed by atoms with Crippen molar-refractivity contribution in [2.24, 2.45) is 0 Å². The molecular weight excluding hydrogens is 384 g/mol. The maximum absolute atomic E-state index is 12.5. The van der Waals surface area contributed by atoms with E-state index in [-0.39, 0.29) is 18.9 Å². The molecule has 0 radical (unpaired) electrons. The minimum atomic E-state index is -0.452. The van der Waals surface area contributed by atoms with E-state index < -0.39 is 5.91 Å². The van der Waals surface area contributed by atoms with Gasteiger partial charge in [0.25, 0.3) is 5.91 Å². The molecule has 0 saturated carbocycles. The van der Waals surface area contributed by atoms with Crippen molar-refractivity contribution in [1.29, 1.82) is 5.26 Å². The molecule has 30 heavy (non-hydrogen) atoms. The lowest BCUT2D eigenvalue weighted by Crippen LogP contribution is -2.36. The van der Waals surface area contributed by atoms with Crippen LogP contribution in [0.15, 0.2) is 54.2 Å². The minimum absolute atomic E-state index is 0.00692. The molecule has 8 nitrogen and oxygen atoms in total. The Morgan fingerprint density at radius 2 is 1.93 bits per heavy atom. The summed E-state index contributed by atoms with van der Waals surface area (Å²) in [6, 6.07) is 15.2. The minimum Gasteiger partial charge on any atom is -0.454 e. The summed E-state index contributed by atoms with van der Waals surface area (Å²) in [4.78, 5) is 14.7. The molecule has 0 unspecified atom stereocenters. The van der Waals surface area contributed by atoms with Crippen LogP contribution in [0.3, 0.4) is 0 Å². The molecule has 1 saturated heterocycles. The van der Waals surface area contributed by atoms with E-state index in [1.54, 1.807) is 6.07 Å². The van der Waals surface area contributed by atoms with Gasteiger partial charge in [-0.05, 0) is 29.8 Å². The fourth-order valence-corrected chi connectivity index (χ4v) is 3.30. The number of rotatable bonds is 6. The van der Waals surface area contributed by atoms with E-state index in [1.165, 1.54) is 6.20 Å². The van der Waals surface area contributed by atoms with Gasteiger partial charge in [-0.25, -0.2) is 0 Å². The monoisotopic (exact) mass is 406 g/mol. The Morgan fingerprint density at radius 3 is 2.77 bits per heavy atom. The van der Waals surface area contributed by atoms with Crippen LogP contribution < -0.4 is 25.0 Å². The van der Waals surface area contributed by atoms with Crippen molar-refractivity contribution in [3.05, 3.63) is 59.8 Å². The fourth-order valence-electron chi connectivity index (χ4n) is 3.30. The molecule has 2 heterocycles. The molecule has 0 spiro atoms. The molecule has 154 valence electrons. The molecule has 2 aromatic carbocycles. The maximum Gasteiger partial charge on any atom is 0.263 e. The van der Waals surface area contributed by atoms with Crippen molar-refractivity contribution in [3.8, 4) is 17.6 Å². The van der Waals surface area contributed by atoms with Crippen LogP contribution in [0, 0.1) is 11.3 Å². The molecule has 8 heteroatoms. The van der Waals surface area contributed by atoms with Gasteiger partial charge < -0.3 is 29.7 Å². The number of benzene rings is 2. The van der Waals surface area contributed by atoms with Gasteiger partial charge in [0.05, 0.1) is 24.6 Å². The van der Waals surface area contributed by atoms with Gasteiger partial charge >= 0.3 is 0 Å². The number of morpholine rings is 1. The normalized spacial score (nSPS) is 15.4. The van der Waals surface area contributed by atoms with E-state index >= 15 is 0 Å². The zero-order valence-corrected chi connectivity index (χ0v) is 16.4. The average Bonchev–Trinajstić information content (AvgIpc) is 3.27. The molecule has 0 bridgehead atoms. The number of amides is 1. The predicted molar refractivity (Wildman–Crippen MR) is 111 cm³/mol. The van der Waals surface area contributed by atoms with Gasteiger partial charge in [-0.2, -0.15) is 5.26 Å². The maximum atomic E-state index is 12.5. The molecule has 2 aliphatic heterocycles. The van der Waals surface area contributed by atoms with Crippen LogP contribution in [0.25, 0.3) is 0 Å². The molecule has 0 aliphatic carbocycles. The summed E-state index contributed by atoms with van der Waals surface area (Å²) < 4.78 is 16.0. The van der Waals surface area contributed by atoms with Crippen molar-refractivity contribution >= 4 is 17.3 Å². The lowest BCUT2D eigenvalue weighted by atomic mass is 10.2. The van der Waals surface area contributed by atoms with Crippen LogP contribution in [0.1, 0.15) is 5.56 Å². The van der Waals surface area contributed by atoms with Gasteiger partial charge in [-0.15, -0.1) is 0 Å². The summed E-state index contributed by atoms with van der Waals surface area (Å²) in [5.74, 6) is 0.886. The molecule has 4 rings (SSSR count). The molecule has 2 aromatic rings. The lowest BCUT2D eigenvalue weighted by Gasteiger charge is -2.30. The van der Waals surface area contributed by atoms with Gasteiger partial charge in [0.2, 0.25) is 6.79 Å². The number of para-hydroxylation sites is 2. The van der Waals surface area contributed by atoms with Gasteiger partial charge in [0.1, 0.15) is 11.6 Å². The van der Waals surface area contributed by atoms with Crippen LogP contribution in [-0.4, -0.2) is 39.0 Å². The zero-order chi connectivity index (χ0) is 20.8. The Kier molecular flexibility index (Phi) is 6.01. The first kappa shape index (κ1) is 19.6. The van der Waals surface area contributed by atoms with Crippen LogP contribution >= 0.6 is 0 Å². The average molecular weight is 406 g/mol. The molecule has 2 aliphatic rings. The van der Waals surface area contributed by atoms with E-state index in [0.717, 1.165) is 30.0 Å². The lowest BCUT2D eigenvalue weighted by molar-refractivity contribution is -0.117. The first-order valence-electron chi connectivity index (χ1n) is 9.70. The summed E-state index contributed by atoms with van der Waals surface area (Å²) in [5.41, 5.74) is 2.69. The van der Waals surface area contributed by atoms with E-state index in [9.17, 15) is 10.1 Å². The number of anilines is 2. The summed E-state index contributed by atoms with van der Waals surface area (Å²) in [5, 5.41) is 15.3. The summed E-state index contributed by atoms with van der Waals surface area (Å²) in [6.45, 7) is 3.42. The molecular formula is C22H22N4O4. The third-order valence-corrected chi connectivity index (χ3v) is 4.88. The number of hydrogen-bond donors (Lipinski definition) is 2. The van der Waals surface area contributed by atoms with Gasteiger partial charge in [-0.3, -0.25) is 4.79 Å². The number of carbonyl (C=O) groups excluding carboxylic acids is 1.